The Balaban J connectivity index is 1.20. The van der Waals surface area contributed by atoms with Crippen molar-refractivity contribution in [1.29, 1.82) is 0 Å². The fourth-order valence-electron chi connectivity index (χ4n) is 10.3. The fraction of sp³-hybridized carbons (Fsp3) is 0.0545. The number of benzene rings is 9. The van der Waals surface area contributed by atoms with Crippen LogP contribution in [0.5, 0.6) is 0 Å². The van der Waals surface area contributed by atoms with Crippen molar-refractivity contribution in [2.45, 2.75) is 18.8 Å². The first-order valence-electron chi connectivity index (χ1n) is 20.0. The Hall–Kier alpha value is -7.16. The molecule has 57 heavy (non-hydrogen) atoms. The maximum atomic E-state index is 6.36. The molecule has 9 aromatic carbocycles. The molecule has 1 unspecified atom stereocenters. The first-order valence-corrected chi connectivity index (χ1v) is 20.0. The summed E-state index contributed by atoms with van der Waals surface area (Å²) in [5, 5.41) is 4.88. The van der Waals surface area contributed by atoms with E-state index in [0.29, 0.717) is 0 Å². The molecule has 2 heteroatoms. The van der Waals surface area contributed by atoms with Gasteiger partial charge < -0.3 is 9.32 Å². The summed E-state index contributed by atoms with van der Waals surface area (Å²) in [6, 6.07) is 71.7. The van der Waals surface area contributed by atoms with Crippen molar-refractivity contribution >= 4 is 49.8 Å². The number of para-hydroxylation sites is 2. The van der Waals surface area contributed by atoms with E-state index in [2.05, 4.69) is 200 Å². The van der Waals surface area contributed by atoms with Gasteiger partial charge in [0.15, 0.2) is 0 Å². The van der Waals surface area contributed by atoms with Crippen LogP contribution in [-0.2, 0) is 11.8 Å². The molecule has 12 rings (SSSR count). The van der Waals surface area contributed by atoms with Crippen LogP contribution in [0.3, 0.4) is 0 Å². The minimum absolute atomic E-state index is 0.521. The highest BCUT2D eigenvalue weighted by atomic mass is 16.3. The molecule has 0 bridgehead atoms. The summed E-state index contributed by atoms with van der Waals surface area (Å²) < 4.78 is 6.36. The third-order valence-corrected chi connectivity index (χ3v) is 12.6. The number of nitrogens with zero attached hydrogens (tertiary/aromatic N) is 1. The second-order valence-electron chi connectivity index (χ2n) is 15.4. The van der Waals surface area contributed by atoms with Crippen molar-refractivity contribution in [2.24, 2.45) is 0 Å². The van der Waals surface area contributed by atoms with Gasteiger partial charge in [0.05, 0.1) is 11.1 Å². The number of furan rings is 1. The molecule has 268 valence electrons. The van der Waals surface area contributed by atoms with Gasteiger partial charge in [0.1, 0.15) is 11.2 Å². The maximum Gasteiger partial charge on any atom is 0.135 e. The van der Waals surface area contributed by atoms with Crippen molar-refractivity contribution in [3.63, 3.8) is 0 Å². The second kappa shape index (κ2) is 12.2. The lowest BCUT2D eigenvalue weighted by atomic mass is 9.60. The Morgan fingerprint density at radius 2 is 1.09 bits per heavy atom. The van der Waals surface area contributed by atoms with Crippen molar-refractivity contribution < 1.29 is 4.42 Å². The van der Waals surface area contributed by atoms with Crippen LogP contribution in [0.2, 0.25) is 0 Å². The summed E-state index contributed by atoms with van der Waals surface area (Å²) in [6.07, 6.45) is 0.940. The average Bonchev–Trinajstić information content (AvgIpc) is 3.79. The first kappa shape index (κ1) is 32.1. The van der Waals surface area contributed by atoms with E-state index in [-0.39, 0.29) is 0 Å². The molecule has 2 aliphatic rings. The lowest BCUT2D eigenvalue weighted by Crippen LogP contribution is -2.33. The molecule has 0 saturated carbocycles. The summed E-state index contributed by atoms with van der Waals surface area (Å²) in [7, 11) is 0. The second-order valence-corrected chi connectivity index (χ2v) is 15.4. The van der Waals surface area contributed by atoms with Gasteiger partial charge in [-0.2, -0.15) is 0 Å². The average molecular weight is 728 g/mol. The van der Waals surface area contributed by atoms with Crippen LogP contribution in [0.4, 0.5) is 17.1 Å². The van der Waals surface area contributed by atoms with E-state index in [1.807, 2.05) is 6.07 Å². The largest absolute Gasteiger partial charge is 0.456 e. The first-order chi connectivity index (χ1) is 28.2. The fourth-order valence-corrected chi connectivity index (χ4v) is 10.3. The SMILES string of the molecule is CCc1ccc2cccc3c2c1C1(c2ccccc2-c2ccc(N(c4ccc5oc6ccccc6c5c4)c4ccccc4-c4ccccc4)cc21)c1ccccc1-3. The highest BCUT2D eigenvalue weighted by Gasteiger charge is 2.51. The third kappa shape index (κ3) is 4.41. The molecule has 10 aromatic rings. The third-order valence-electron chi connectivity index (χ3n) is 12.6. The summed E-state index contributed by atoms with van der Waals surface area (Å²) in [4.78, 5) is 2.46. The number of hydrogen-bond acceptors (Lipinski definition) is 2. The van der Waals surface area contributed by atoms with Crippen LogP contribution in [0.25, 0.3) is 66.1 Å². The Morgan fingerprint density at radius 3 is 1.91 bits per heavy atom. The van der Waals surface area contributed by atoms with Crippen molar-refractivity contribution in [3.8, 4) is 33.4 Å². The van der Waals surface area contributed by atoms with Crippen LogP contribution in [0, 0.1) is 0 Å². The molecule has 1 heterocycles. The van der Waals surface area contributed by atoms with Crippen LogP contribution in [0.15, 0.2) is 199 Å². The zero-order chi connectivity index (χ0) is 37.7. The minimum Gasteiger partial charge on any atom is -0.456 e. The molecule has 1 aromatic heterocycles. The van der Waals surface area contributed by atoms with E-state index < -0.39 is 5.41 Å². The van der Waals surface area contributed by atoms with Gasteiger partial charge in [-0.15, -0.1) is 0 Å². The van der Waals surface area contributed by atoms with E-state index in [1.165, 1.54) is 72.0 Å². The lowest BCUT2D eigenvalue weighted by molar-refractivity contribution is 0.669. The van der Waals surface area contributed by atoms with E-state index >= 15 is 0 Å². The molecular weight excluding hydrogens is 691 g/mol. The normalized spacial score (nSPS) is 14.9. The Labute approximate surface area is 331 Å². The number of hydrogen-bond donors (Lipinski definition) is 0. The van der Waals surface area contributed by atoms with Gasteiger partial charge in [0.25, 0.3) is 0 Å². The molecule has 0 amide bonds. The quantitative estimate of drug-likeness (QED) is 0.175. The van der Waals surface area contributed by atoms with E-state index in [9.17, 15) is 0 Å². The van der Waals surface area contributed by atoms with Crippen molar-refractivity contribution in [1.82, 2.24) is 0 Å². The zero-order valence-electron chi connectivity index (χ0n) is 31.5. The molecule has 0 radical (unpaired) electrons. The van der Waals surface area contributed by atoms with Crippen molar-refractivity contribution in [3.05, 3.63) is 222 Å². The number of fused-ring (bicyclic) bond motifs is 12. The minimum atomic E-state index is -0.521. The highest BCUT2D eigenvalue weighted by Crippen LogP contribution is 2.63. The maximum absolute atomic E-state index is 6.36. The lowest BCUT2D eigenvalue weighted by Gasteiger charge is -2.41. The molecule has 2 aliphatic carbocycles. The summed E-state index contributed by atoms with van der Waals surface area (Å²) in [5.41, 5.74) is 19.0. The predicted molar refractivity (Wildman–Crippen MR) is 237 cm³/mol. The molecule has 1 spiro atoms. The molecule has 0 fully saturated rings. The van der Waals surface area contributed by atoms with Gasteiger partial charge in [-0.25, -0.2) is 0 Å². The van der Waals surface area contributed by atoms with Gasteiger partial charge >= 0.3 is 0 Å². The van der Waals surface area contributed by atoms with Crippen LogP contribution < -0.4 is 4.90 Å². The summed E-state index contributed by atoms with van der Waals surface area (Å²) in [6.45, 7) is 2.31. The smallest absolute Gasteiger partial charge is 0.135 e. The molecule has 0 N–H and O–H groups in total. The zero-order valence-corrected chi connectivity index (χ0v) is 31.5. The number of rotatable bonds is 5. The van der Waals surface area contributed by atoms with Gasteiger partial charge in [0.2, 0.25) is 0 Å². The standard InChI is InChI=1S/C55H37NO/c1-2-35-27-28-37-17-14-22-45-42-20-7-11-24-48(42)55(54(35)53(37)45)47-23-10-6-19-41(47)43-31-29-39(34-49(43)55)56(50-25-12-8-18-40(50)36-15-4-3-5-16-36)38-30-32-52-46(33-38)44-21-9-13-26-51(44)57-52/h3-34H,2H2,1H3. The monoisotopic (exact) mass is 727 g/mol. The molecule has 0 aliphatic heterocycles. The highest BCUT2D eigenvalue weighted by molar-refractivity contribution is 6.09. The Morgan fingerprint density at radius 1 is 0.456 bits per heavy atom. The van der Waals surface area contributed by atoms with Crippen molar-refractivity contribution in [2.75, 3.05) is 4.90 Å². The predicted octanol–water partition coefficient (Wildman–Crippen LogP) is 14.8. The van der Waals surface area contributed by atoms with Gasteiger partial charge in [-0.05, 0) is 115 Å². The van der Waals surface area contributed by atoms with E-state index in [0.717, 1.165) is 45.4 Å². The molecule has 1 atom stereocenters. The van der Waals surface area contributed by atoms with E-state index in [4.69, 9.17) is 4.42 Å². The van der Waals surface area contributed by atoms with Crippen LogP contribution >= 0.6 is 0 Å². The van der Waals surface area contributed by atoms with Crippen LogP contribution in [-0.4, -0.2) is 0 Å². The van der Waals surface area contributed by atoms with E-state index in [1.54, 1.807) is 0 Å². The number of anilines is 3. The molecular formula is C55H37NO. The molecule has 0 saturated heterocycles. The number of aryl methyl sites for hydroxylation is 1. The Bertz CT molecular complexity index is 3240. The molecule has 2 nitrogen and oxygen atoms in total. The van der Waals surface area contributed by atoms with Gasteiger partial charge in [-0.1, -0.05) is 159 Å². The topological polar surface area (TPSA) is 16.4 Å². The van der Waals surface area contributed by atoms with Gasteiger partial charge in [-0.3, -0.25) is 0 Å². The summed E-state index contributed by atoms with van der Waals surface area (Å²) in [5.74, 6) is 0. The van der Waals surface area contributed by atoms with Crippen LogP contribution in [0.1, 0.15) is 34.7 Å². The van der Waals surface area contributed by atoms with Gasteiger partial charge in [0, 0.05) is 27.7 Å². The Kier molecular flexibility index (Phi) is 6.86. The summed E-state index contributed by atoms with van der Waals surface area (Å²) >= 11 is 0.